The largest absolute Gasteiger partial charge is 0.481 e. The molecule has 0 aliphatic carbocycles. The molecule has 0 saturated carbocycles. The number of allylic oxidation sites excluding steroid dienone is 1. The van der Waals surface area contributed by atoms with E-state index in [-0.39, 0.29) is 18.0 Å². The van der Waals surface area contributed by atoms with Gasteiger partial charge in [0.15, 0.2) is 5.82 Å². The van der Waals surface area contributed by atoms with Gasteiger partial charge in [-0.1, -0.05) is 18.7 Å². The van der Waals surface area contributed by atoms with Gasteiger partial charge in [-0.05, 0) is 69.7 Å². The standard InChI is InChI=1S/C27H38N6O3/c1-20(2)29-24-9-15-33(30-24)26(36)31-16-11-27(12-17-31)10-5-14-32(27)19-22-8-7-21(3)18-23(22)28-13-4-6-25(34)35/h7-9,15,18,28H,1,4-6,10-14,16-17,19H2,2-3H3,(H,29,30)(H,34,35). The number of anilines is 2. The summed E-state index contributed by atoms with van der Waals surface area (Å²) in [6.07, 6.45) is 6.67. The Morgan fingerprint density at radius 2 is 1.94 bits per heavy atom. The molecule has 3 heterocycles. The molecular weight excluding hydrogens is 456 g/mol. The van der Waals surface area contributed by atoms with Crippen LogP contribution in [0.4, 0.5) is 16.3 Å². The number of aliphatic carboxylic acids is 1. The molecule has 194 valence electrons. The summed E-state index contributed by atoms with van der Waals surface area (Å²) in [4.78, 5) is 28.4. The number of carbonyl (C=O) groups excluding carboxylic acids is 1. The first kappa shape index (κ1) is 25.8. The highest BCUT2D eigenvalue weighted by molar-refractivity contribution is 5.76. The molecule has 1 aromatic heterocycles. The van der Waals surface area contributed by atoms with Gasteiger partial charge >= 0.3 is 12.0 Å². The van der Waals surface area contributed by atoms with E-state index in [1.807, 2.05) is 11.8 Å². The van der Waals surface area contributed by atoms with Crippen molar-refractivity contribution in [3.63, 3.8) is 0 Å². The summed E-state index contributed by atoms with van der Waals surface area (Å²) >= 11 is 0. The summed E-state index contributed by atoms with van der Waals surface area (Å²) in [5, 5.41) is 19.8. The molecule has 0 unspecified atom stereocenters. The van der Waals surface area contributed by atoms with Crippen molar-refractivity contribution in [2.24, 2.45) is 0 Å². The number of nitrogens with zero attached hydrogens (tertiary/aromatic N) is 4. The minimum Gasteiger partial charge on any atom is -0.481 e. The Morgan fingerprint density at radius 3 is 2.67 bits per heavy atom. The van der Waals surface area contributed by atoms with Crippen LogP contribution in [0, 0.1) is 6.92 Å². The smallest absolute Gasteiger partial charge is 0.344 e. The number of aromatic nitrogens is 2. The maximum absolute atomic E-state index is 13.0. The van der Waals surface area contributed by atoms with E-state index < -0.39 is 5.97 Å². The fraction of sp³-hybridized carbons (Fsp3) is 0.519. The number of hydrogen-bond acceptors (Lipinski definition) is 6. The molecule has 1 spiro atoms. The lowest BCUT2D eigenvalue weighted by Crippen LogP contribution is -2.53. The van der Waals surface area contributed by atoms with E-state index >= 15 is 0 Å². The highest BCUT2D eigenvalue weighted by Crippen LogP contribution is 2.40. The first-order valence-electron chi connectivity index (χ1n) is 12.8. The van der Waals surface area contributed by atoms with E-state index in [1.165, 1.54) is 15.8 Å². The maximum Gasteiger partial charge on any atom is 0.344 e. The van der Waals surface area contributed by atoms with Crippen molar-refractivity contribution >= 4 is 23.5 Å². The monoisotopic (exact) mass is 494 g/mol. The summed E-state index contributed by atoms with van der Waals surface area (Å²) in [6.45, 7) is 11.7. The third kappa shape index (κ3) is 6.07. The Labute approximate surface area is 213 Å². The second-order valence-corrected chi connectivity index (χ2v) is 10.2. The van der Waals surface area contributed by atoms with Crippen LogP contribution in [0.25, 0.3) is 0 Å². The average Bonchev–Trinajstić information content (AvgIpc) is 3.45. The Morgan fingerprint density at radius 1 is 1.17 bits per heavy atom. The zero-order valence-electron chi connectivity index (χ0n) is 21.4. The van der Waals surface area contributed by atoms with Crippen LogP contribution in [-0.2, 0) is 11.3 Å². The van der Waals surface area contributed by atoms with Gasteiger partial charge in [0, 0.05) is 61.8 Å². The predicted molar refractivity (Wildman–Crippen MR) is 141 cm³/mol. The minimum absolute atomic E-state index is 0.0875. The molecule has 0 atom stereocenters. The molecule has 0 radical (unpaired) electrons. The van der Waals surface area contributed by atoms with Crippen LogP contribution in [0.1, 0.15) is 56.6 Å². The lowest BCUT2D eigenvalue weighted by molar-refractivity contribution is -0.137. The van der Waals surface area contributed by atoms with Gasteiger partial charge in [0.05, 0.1) is 0 Å². The molecule has 3 N–H and O–H groups in total. The van der Waals surface area contributed by atoms with Gasteiger partial charge in [-0.2, -0.15) is 4.68 Å². The van der Waals surface area contributed by atoms with Crippen LogP contribution in [0.3, 0.4) is 0 Å². The van der Waals surface area contributed by atoms with Crippen LogP contribution in [0.5, 0.6) is 0 Å². The molecule has 2 saturated heterocycles. The molecule has 9 heteroatoms. The predicted octanol–water partition coefficient (Wildman–Crippen LogP) is 4.51. The van der Waals surface area contributed by atoms with E-state index in [0.717, 1.165) is 50.2 Å². The number of nitrogens with one attached hydrogen (secondary N) is 2. The van der Waals surface area contributed by atoms with Gasteiger partial charge in [-0.3, -0.25) is 9.69 Å². The second-order valence-electron chi connectivity index (χ2n) is 10.2. The van der Waals surface area contributed by atoms with E-state index in [9.17, 15) is 9.59 Å². The van der Waals surface area contributed by atoms with Gasteiger partial charge in [-0.15, -0.1) is 5.10 Å². The first-order chi connectivity index (χ1) is 17.3. The van der Waals surface area contributed by atoms with Crippen molar-refractivity contribution in [1.82, 2.24) is 19.6 Å². The zero-order valence-corrected chi connectivity index (χ0v) is 21.4. The van der Waals surface area contributed by atoms with Crippen molar-refractivity contribution in [2.75, 3.05) is 36.8 Å². The number of aryl methyl sites for hydroxylation is 1. The van der Waals surface area contributed by atoms with E-state index in [4.69, 9.17) is 5.11 Å². The van der Waals surface area contributed by atoms with Gasteiger partial charge < -0.3 is 20.6 Å². The number of carboxylic acid groups (broad SMARTS) is 1. The zero-order chi connectivity index (χ0) is 25.7. The van der Waals surface area contributed by atoms with Crippen molar-refractivity contribution in [3.8, 4) is 0 Å². The minimum atomic E-state index is -0.762. The molecule has 4 rings (SSSR count). The fourth-order valence-corrected chi connectivity index (χ4v) is 5.44. The van der Waals surface area contributed by atoms with E-state index in [0.29, 0.717) is 31.9 Å². The molecule has 1 aromatic carbocycles. The van der Waals surface area contributed by atoms with E-state index in [1.54, 1.807) is 12.3 Å². The molecule has 36 heavy (non-hydrogen) atoms. The number of carbonyl (C=O) groups is 2. The van der Waals surface area contributed by atoms with Crippen molar-refractivity contribution in [1.29, 1.82) is 0 Å². The Bertz CT molecular complexity index is 1100. The summed E-state index contributed by atoms with van der Waals surface area (Å²) in [5.41, 5.74) is 4.40. The lowest BCUT2D eigenvalue weighted by Gasteiger charge is -2.45. The van der Waals surface area contributed by atoms with Gasteiger partial charge in [0.2, 0.25) is 0 Å². The summed E-state index contributed by atoms with van der Waals surface area (Å²) in [7, 11) is 0. The number of rotatable bonds is 9. The van der Waals surface area contributed by atoms with Crippen LogP contribution in [0.15, 0.2) is 42.7 Å². The number of carboxylic acids is 1. The van der Waals surface area contributed by atoms with Crippen molar-refractivity contribution in [2.45, 2.75) is 64.5 Å². The molecule has 9 nitrogen and oxygen atoms in total. The van der Waals surface area contributed by atoms with Crippen molar-refractivity contribution in [3.05, 3.63) is 53.9 Å². The number of likely N-dealkylation sites (tertiary alicyclic amines) is 2. The third-order valence-electron chi connectivity index (χ3n) is 7.34. The highest BCUT2D eigenvalue weighted by atomic mass is 16.4. The number of hydrogen-bond donors (Lipinski definition) is 3. The Kier molecular flexibility index (Phi) is 7.98. The number of benzene rings is 1. The van der Waals surface area contributed by atoms with Crippen LogP contribution in [0.2, 0.25) is 0 Å². The number of piperidine rings is 1. The van der Waals surface area contributed by atoms with Gasteiger partial charge in [0.1, 0.15) is 0 Å². The van der Waals surface area contributed by atoms with E-state index in [2.05, 4.69) is 52.3 Å². The summed E-state index contributed by atoms with van der Waals surface area (Å²) in [5.74, 6) is -0.140. The first-order valence-corrected chi connectivity index (χ1v) is 12.8. The molecule has 1 amide bonds. The summed E-state index contributed by atoms with van der Waals surface area (Å²) in [6, 6.07) is 8.18. The Balaban J connectivity index is 1.38. The van der Waals surface area contributed by atoms with Crippen LogP contribution < -0.4 is 10.6 Å². The molecule has 2 fully saturated rings. The average molecular weight is 495 g/mol. The quantitative estimate of drug-likeness (QED) is 0.441. The normalized spacial score (nSPS) is 17.3. The van der Waals surface area contributed by atoms with Gasteiger partial charge in [0.25, 0.3) is 0 Å². The Hall–Kier alpha value is -3.33. The lowest BCUT2D eigenvalue weighted by atomic mass is 9.84. The van der Waals surface area contributed by atoms with Crippen LogP contribution >= 0.6 is 0 Å². The highest BCUT2D eigenvalue weighted by Gasteiger charge is 2.44. The second kappa shape index (κ2) is 11.2. The molecule has 2 aromatic rings. The van der Waals surface area contributed by atoms with Crippen molar-refractivity contribution < 1.29 is 14.7 Å². The molecule has 2 aliphatic heterocycles. The third-order valence-corrected chi connectivity index (χ3v) is 7.34. The van der Waals surface area contributed by atoms with Gasteiger partial charge in [-0.25, -0.2) is 4.79 Å². The SMILES string of the molecule is C=C(C)Nc1ccn(C(=O)N2CCC3(CCCN3Cc3ccc(C)cc3NCCCC(=O)O)CC2)n1. The fourth-order valence-electron chi connectivity index (χ4n) is 5.44. The molecule has 2 aliphatic rings. The molecular formula is C27H38N6O3. The maximum atomic E-state index is 13.0. The molecule has 0 bridgehead atoms. The van der Waals surface area contributed by atoms with Crippen LogP contribution in [-0.4, -0.2) is 68.4 Å². The summed E-state index contributed by atoms with van der Waals surface area (Å²) < 4.78 is 1.41. The number of amides is 1. The topological polar surface area (TPSA) is 103 Å².